The predicted octanol–water partition coefficient (Wildman–Crippen LogP) is 2.01. The second-order valence-electron chi connectivity index (χ2n) is 4.34. The molecule has 2 rings (SSSR count). The van der Waals surface area contributed by atoms with Crippen LogP contribution in [0.5, 0.6) is 5.75 Å². The second kappa shape index (κ2) is 5.40. The standard InChI is InChI=1S/C14H15NO3S/c1-8-4-5-11(6-9(8)2)18-7-12-15-10(3)13(19-12)14(16)17/h4-6H,7H2,1-3H3,(H,16,17)/p-1. The molecule has 0 N–H and O–H groups in total. The van der Waals surface area contributed by atoms with E-state index in [0.29, 0.717) is 10.7 Å². The second-order valence-corrected chi connectivity index (χ2v) is 5.43. The Bertz CT molecular complexity index is 619. The number of ether oxygens (including phenoxy) is 1. The van der Waals surface area contributed by atoms with Crippen LogP contribution in [0.15, 0.2) is 18.2 Å². The zero-order valence-electron chi connectivity index (χ0n) is 11.0. The molecule has 100 valence electrons. The fourth-order valence-corrected chi connectivity index (χ4v) is 2.46. The number of hydrogen-bond donors (Lipinski definition) is 0. The molecule has 0 aliphatic rings. The van der Waals surface area contributed by atoms with Gasteiger partial charge in [0.1, 0.15) is 17.4 Å². The zero-order chi connectivity index (χ0) is 14.0. The minimum absolute atomic E-state index is 0.165. The van der Waals surface area contributed by atoms with Crippen molar-refractivity contribution in [3.63, 3.8) is 0 Å². The van der Waals surface area contributed by atoms with Gasteiger partial charge < -0.3 is 14.6 Å². The number of carbonyl (C=O) groups is 1. The van der Waals surface area contributed by atoms with Crippen molar-refractivity contribution < 1.29 is 14.6 Å². The summed E-state index contributed by atoms with van der Waals surface area (Å²) < 4.78 is 5.61. The van der Waals surface area contributed by atoms with Crippen LogP contribution in [0.3, 0.4) is 0 Å². The third-order valence-electron chi connectivity index (χ3n) is 2.87. The molecule has 0 fully saturated rings. The van der Waals surface area contributed by atoms with Crippen LogP contribution in [0.2, 0.25) is 0 Å². The van der Waals surface area contributed by atoms with E-state index in [1.165, 1.54) is 5.56 Å². The van der Waals surface area contributed by atoms with Gasteiger partial charge in [-0.05, 0) is 44.0 Å². The van der Waals surface area contributed by atoms with Gasteiger partial charge in [0.2, 0.25) is 0 Å². The normalized spacial score (nSPS) is 10.5. The Kier molecular flexibility index (Phi) is 3.85. The molecule has 0 unspecified atom stereocenters. The average Bonchev–Trinajstić information content (AvgIpc) is 2.72. The first-order valence-corrected chi connectivity index (χ1v) is 6.66. The fourth-order valence-electron chi connectivity index (χ4n) is 1.65. The van der Waals surface area contributed by atoms with Crippen molar-refractivity contribution in [3.8, 4) is 5.75 Å². The molecular formula is C14H14NO3S-. The summed E-state index contributed by atoms with van der Waals surface area (Å²) in [4.78, 5) is 15.1. The predicted molar refractivity (Wildman–Crippen MR) is 71.4 cm³/mol. The fraction of sp³-hybridized carbons (Fsp3) is 0.286. The van der Waals surface area contributed by atoms with Gasteiger partial charge in [-0.15, -0.1) is 11.3 Å². The van der Waals surface area contributed by atoms with Gasteiger partial charge in [0.15, 0.2) is 0 Å². The number of rotatable bonds is 4. The molecule has 5 heteroatoms. The molecule has 0 bridgehead atoms. The summed E-state index contributed by atoms with van der Waals surface area (Å²) in [6, 6.07) is 5.84. The number of aromatic carboxylic acids is 1. The number of nitrogens with zero attached hydrogens (tertiary/aromatic N) is 1. The average molecular weight is 276 g/mol. The number of benzene rings is 1. The van der Waals surface area contributed by atoms with Gasteiger partial charge in [0.25, 0.3) is 0 Å². The lowest BCUT2D eigenvalue weighted by Crippen LogP contribution is -2.21. The molecule has 0 aliphatic heterocycles. The van der Waals surface area contributed by atoms with Crippen LogP contribution in [-0.2, 0) is 6.61 Å². The van der Waals surface area contributed by atoms with Crippen molar-refractivity contribution in [1.29, 1.82) is 0 Å². The Morgan fingerprint density at radius 1 is 1.32 bits per heavy atom. The Balaban J connectivity index is 2.08. The molecule has 19 heavy (non-hydrogen) atoms. The van der Waals surface area contributed by atoms with E-state index >= 15 is 0 Å². The highest BCUT2D eigenvalue weighted by Gasteiger charge is 2.09. The largest absolute Gasteiger partial charge is 0.544 e. The molecule has 2 aromatic rings. The third-order valence-corrected chi connectivity index (χ3v) is 3.98. The number of carboxylic acids is 1. The van der Waals surface area contributed by atoms with E-state index in [0.717, 1.165) is 22.6 Å². The van der Waals surface area contributed by atoms with Gasteiger partial charge in [0.05, 0.1) is 16.5 Å². The number of aryl methyl sites for hydroxylation is 3. The summed E-state index contributed by atoms with van der Waals surface area (Å²) in [6.45, 7) is 5.97. The molecule has 0 amide bonds. The summed E-state index contributed by atoms with van der Waals surface area (Å²) in [6.07, 6.45) is 0. The molecule has 1 heterocycles. The van der Waals surface area contributed by atoms with Crippen LogP contribution < -0.4 is 9.84 Å². The lowest BCUT2D eigenvalue weighted by atomic mass is 10.1. The van der Waals surface area contributed by atoms with E-state index in [-0.39, 0.29) is 11.5 Å². The first kappa shape index (κ1) is 13.5. The van der Waals surface area contributed by atoms with E-state index in [4.69, 9.17) is 4.74 Å². The van der Waals surface area contributed by atoms with Crippen LogP contribution in [0.25, 0.3) is 0 Å². The first-order chi connectivity index (χ1) is 8.97. The van der Waals surface area contributed by atoms with E-state index in [9.17, 15) is 9.90 Å². The highest BCUT2D eigenvalue weighted by Crippen LogP contribution is 2.21. The van der Waals surface area contributed by atoms with Crippen LogP contribution in [0.4, 0.5) is 0 Å². The molecule has 1 aromatic carbocycles. The molecule has 0 radical (unpaired) electrons. The maximum atomic E-state index is 10.8. The lowest BCUT2D eigenvalue weighted by Gasteiger charge is -2.06. The van der Waals surface area contributed by atoms with Crippen molar-refractivity contribution in [2.24, 2.45) is 0 Å². The molecule has 0 spiro atoms. The minimum Gasteiger partial charge on any atom is -0.544 e. The van der Waals surface area contributed by atoms with Crippen molar-refractivity contribution >= 4 is 17.3 Å². The van der Waals surface area contributed by atoms with Crippen LogP contribution >= 0.6 is 11.3 Å². The Labute approximate surface area is 115 Å². The highest BCUT2D eigenvalue weighted by atomic mass is 32.1. The smallest absolute Gasteiger partial charge is 0.140 e. The van der Waals surface area contributed by atoms with Gasteiger partial charge in [-0.2, -0.15) is 0 Å². The molecular weight excluding hydrogens is 262 g/mol. The van der Waals surface area contributed by atoms with Crippen molar-refractivity contribution in [2.75, 3.05) is 0 Å². The SMILES string of the molecule is Cc1ccc(OCc2nc(C)c(C(=O)[O-])s2)cc1C. The molecule has 0 atom stereocenters. The first-order valence-electron chi connectivity index (χ1n) is 5.85. The lowest BCUT2D eigenvalue weighted by molar-refractivity contribution is -0.254. The summed E-state index contributed by atoms with van der Waals surface area (Å²) in [5, 5.41) is 11.4. The molecule has 1 aromatic heterocycles. The molecule has 0 aliphatic carbocycles. The highest BCUT2D eigenvalue weighted by molar-refractivity contribution is 7.13. The monoisotopic (exact) mass is 276 g/mol. The topological polar surface area (TPSA) is 62.2 Å². The number of carbonyl (C=O) groups excluding carboxylic acids is 1. The van der Waals surface area contributed by atoms with Crippen LogP contribution in [0.1, 0.15) is 31.5 Å². The van der Waals surface area contributed by atoms with Crippen LogP contribution in [0, 0.1) is 20.8 Å². The van der Waals surface area contributed by atoms with E-state index < -0.39 is 5.97 Å². The number of thiazole rings is 1. The summed E-state index contributed by atoms with van der Waals surface area (Å²) in [5.74, 6) is -0.432. The zero-order valence-corrected chi connectivity index (χ0v) is 11.8. The minimum atomic E-state index is -1.19. The Hall–Kier alpha value is -1.88. The number of hydrogen-bond acceptors (Lipinski definition) is 5. The van der Waals surface area contributed by atoms with E-state index in [1.54, 1.807) is 6.92 Å². The molecule has 0 saturated heterocycles. The van der Waals surface area contributed by atoms with E-state index in [2.05, 4.69) is 4.98 Å². The van der Waals surface area contributed by atoms with Crippen LogP contribution in [-0.4, -0.2) is 11.0 Å². The van der Waals surface area contributed by atoms with Gasteiger partial charge in [0, 0.05) is 0 Å². The van der Waals surface area contributed by atoms with Gasteiger partial charge >= 0.3 is 0 Å². The summed E-state index contributed by atoms with van der Waals surface area (Å²) in [7, 11) is 0. The Morgan fingerprint density at radius 2 is 2.05 bits per heavy atom. The maximum absolute atomic E-state index is 10.8. The van der Waals surface area contributed by atoms with Gasteiger partial charge in [-0.25, -0.2) is 4.98 Å². The third kappa shape index (κ3) is 3.12. The quantitative estimate of drug-likeness (QED) is 0.857. The summed E-state index contributed by atoms with van der Waals surface area (Å²) in [5.41, 5.74) is 2.84. The van der Waals surface area contributed by atoms with E-state index in [1.807, 2.05) is 32.0 Å². The van der Waals surface area contributed by atoms with Gasteiger partial charge in [-0.3, -0.25) is 0 Å². The Morgan fingerprint density at radius 3 is 2.63 bits per heavy atom. The summed E-state index contributed by atoms with van der Waals surface area (Å²) >= 11 is 1.10. The number of carboxylic acid groups (broad SMARTS) is 1. The maximum Gasteiger partial charge on any atom is 0.140 e. The van der Waals surface area contributed by atoms with Gasteiger partial charge in [-0.1, -0.05) is 6.07 Å². The molecule has 0 saturated carbocycles. The number of aromatic nitrogens is 1. The van der Waals surface area contributed by atoms with Crippen molar-refractivity contribution in [3.05, 3.63) is 44.9 Å². The van der Waals surface area contributed by atoms with Crippen molar-refractivity contribution in [1.82, 2.24) is 4.98 Å². The van der Waals surface area contributed by atoms with Crippen molar-refractivity contribution in [2.45, 2.75) is 27.4 Å². The molecule has 4 nitrogen and oxygen atoms in total.